The predicted octanol–water partition coefficient (Wildman–Crippen LogP) is 3.04. The fourth-order valence-electron chi connectivity index (χ4n) is 2.14. The summed E-state index contributed by atoms with van der Waals surface area (Å²) in [6, 6.07) is 8.30. The molecule has 0 bridgehead atoms. The zero-order chi connectivity index (χ0) is 15.9. The second-order valence-corrected chi connectivity index (χ2v) is 6.17. The smallest absolute Gasteiger partial charge is 0.258 e. The minimum absolute atomic E-state index is 0.0427. The summed E-state index contributed by atoms with van der Waals surface area (Å²) in [5, 5.41) is 6.31. The van der Waals surface area contributed by atoms with E-state index in [0.717, 1.165) is 13.0 Å². The highest BCUT2D eigenvalue weighted by atomic mass is 16.5. The molecule has 0 fully saturated rings. The van der Waals surface area contributed by atoms with Gasteiger partial charge < -0.3 is 15.4 Å². The van der Waals surface area contributed by atoms with Crippen LogP contribution in [0.2, 0.25) is 0 Å². The van der Waals surface area contributed by atoms with Crippen molar-refractivity contribution in [3.05, 3.63) is 29.8 Å². The van der Waals surface area contributed by atoms with Crippen LogP contribution in [0.25, 0.3) is 0 Å². The van der Waals surface area contributed by atoms with E-state index in [0.29, 0.717) is 11.8 Å². The van der Waals surface area contributed by atoms with E-state index in [1.54, 1.807) is 0 Å². The van der Waals surface area contributed by atoms with Crippen LogP contribution in [0, 0.1) is 0 Å². The average Bonchev–Trinajstić information content (AvgIpc) is 2.41. The Balaban J connectivity index is 2.53. The van der Waals surface area contributed by atoms with Crippen LogP contribution in [0.1, 0.15) is 52.6 Å². The first-order chi connectivity index (χ1) is 9.85. The highest BCUT2D eigenvalue weighted by Crippen LogP contribution is 2.20. The molecule has 2 N–H and O–H groups in total. The maximum absolute atomic E-state index is 11.7. The van der Waals surface area contributed by atoms with Crippen molar-refractivity contribution < 1.29 is 9.53 Å². The average molecular weight is 292 g/mol. The second kappa shape index (κ2) is 8.03. The van der Waals surface area contributed by atoms with Crippen molar-refractivity contribution in [2.45, 2.75) is 52.6 Å². The summed E-state index contributed by atoms with van der Waals surface area (Å²) in [6.07, 6.45) is 1.04. The molecular formula is C17H28N2O2. The molecule has 0 heterocycles. The van der Waals surface area contributed by atoms with Gasteiger partial charge in [0.2, 0.25) is 0 Å². The molecule has 0 saturated heterocycles. The molecule has 1 rings (SSSR count). The molecule has 21 heavy (non-hydrogen) atoms. The second-order valence-electron chi connectivity index (χ2n) is 6.17. The molecule has 4 heteroatoms. The quantitative estimate of drug-likeness (QED) is 0.812. The molecule has 0 aliphatic carbocycles. The third-order valence-electron chi connectivity index (χ3n) is 3.03. The van der Waals surface area contributed by atoms with Crippen LogP contribution in [0.3, 0.4) is 0 Å². The molecule has 0 aromatic heterocycles. The van der Waals surface area contributed by atoms with Crippen LogP contribution in [0.5, 0.6) is 5.75 Å². The lowest BCUT2D eigenvalue weighted by atomic mass is 10.0. The van der Waals surface area contributed by atoms with Crippen molar-refractivity contribution in [3.63, 3.8) is 0 Å². The molecule has 1 aromatic rings. The Bertz CT molecular complexity index is 435. The molecule has 0 aliphatic heterocycles. The van der Waals surface area contributed by atoms with Crippen LogP contribution < -0.4 is 15.4 Å². The van der Waals surface area contributed by atoms with E-state index in [4.69, 9.17) is 4.74 Å². The minimum atomic E-state index is -0.232. The molecule has 0 saturated carbocycles. The Hall–Kier alpha value is -1.55. The van der Waals surface area contributed by atoms with Crippen LogP contribution in [-0.4, -0.2) is 24.6 Å². The Kier molecular flexibility index (Phi) is 6.69. The summed E-state index contributed by atoms with van der Waals surface area (Å²) < 4.78 is 5.51. The number of carbonyl (C=O) groups excluding carboxylic acids is 1. The van der Waals surface area contributed by atoms with Gasteiger partial charge in [0.1, 0.15) is 5.75 Å². The monoisotopic (exact) mass is 292 g/mol. The molecular weight excluding hydrogens is 264 g/mol. The highest BCUT2D eigenvalue weighted by Gasteiger charge is 2.14. The third-order valence-corrected chi connectivity index (χ3v) is 3.03. The maximum atomic E-state index is 11.7. The van der Waals surface area contributed by atoms with E-state index < -0.39 is 0 Å². The number of amides is 1. The minimum Gasteiger partial charge on any atom is -0.484 e. The number of nitrogens with one attached hydrogen (secondary N) is 2. The van der Waals surface area contributed by atoms with Crippen molar-refractivity contribution in [1.29, 1.82) is 0 Å². The van der Waals surface area contributed by atoms with Crippen molar-refractivity contribution in [2.75, 3.05) is 13.2 Å². The van der Waals surface area contributed by atoms with Gasteiger partial charge in [-0.1, -0.05) is 26.0 Å². The summed E-state index contributed by atoms with van der Waals surface area (Å²) in [7, 11) is 0. The maximum Gasteiger partial charge on any atom is 0.258 e. The summed E-state index contributed by atoms with van der Waals surface area (Å²) >= 11 is 0. The van der Waals surface area contributed by atoms with Crippen LogP contribution in [0.15, 0.2) is 24.3 Å². The van der Waals surface area contributed by atoms with Gasteiger partial charge in [0.15, 0.2) is 6.61 Å². The number of hydrogen-bond acceptors (Lipinski definition) is 3. The number of ether oxygens (including phenoxy) is 1. The Morgan fingerprint density at radius 3 is 2.29 bits per heavy atom. The lowest BCUT2D eigenvalue weighted by molar-refractivity contribution is -0.124. The lowest BCUT2D eigenvalue weighted by Crippen LogP contribution is -2.43. The molecule has 0 spiro atoms. The normalized spacial score (nSPS) is 12.8. The third kappa shape index (κ3) is 6.63. The van der Waals surface area contributed by atoms with Crippen molar-refractivity contribution in [1.82, 2.24) is 10.6 Å². The van der Waals surface area contributed by atoms with Gasteiger partial charge in [-0.2, -0.15) is 0 Å². The zero-order valence-corrected chi connectivity index (χ0v) is 13.8. The number of carbonyl (C=O) groups is 1. The van der Waals surface area contributed by atoms with Crippen molar-refractivity contribution >= 4 is 5.91 Å². The summed E-state index contributed by atoms with van der Waals surface area (Å²) in [4.78, 5) is 11.7. The fourth-order valence-corrected chi connectivity index (χ4v) is 2.14. The van der Waals surface area contributed by atoms with Gasteiger partial charge in [-0.05, 0) is 51.4 Å². The van der Waals surface area contributed by atoms with E-state index in [1.807, 2.05) is 45.0 Å². The molecule has 1 atom stereocenters. The van der Waals surface area contributed by atoms with Gasteiger partial charge in [-0.15, -0.1) is 0 Å². The van der Waals surface area contributed by atoms with E-state index in [-0.39, 0.29) is 18.1 Å². The molecule has 1 aromatic carbocycles. The molecule has 0 radical (unpaired) electrons. The number of benzene rings is 1. The number of hydrogen-bond donors (Lipinski definition) is 2. The van der Waals surface area contributed by atoms with Gasteiger partial charge in [0.25, 0.3) is 5.91 Å². The Morgan fingerprint density at radius 1 is 1.19 bits per heavy atom. The largest absolute Gasteiger partial charge is 0.484 e. The van der Waals surface area contributed by atoms with Crippen LogP contribution >= 0.6 is 0 Å². The first kappa shape index (κ1) is 17.5. The van der Waals surface area contributed by atoms with E-state index >= 15 is 0 Å². The van der Waals surface area contributed by atoms with Crippen LogP contribution in [0.4, 0.5) is 0 Å². The highest BCUT2D eigenvalue weighted by molar-refractivity contribution is 5.78. The SMILES string of the molecule is CCNC(CC)c1ccc(OCC(=O)NC(C)(C)C)cc1. The number of rotatable bonds is 7. The standard InChI is InChI=1S/C17H28N2O2/c1-6-15(18-7-2)13-8-10-14(11-9-13)21-12-16(20)19-17(3,4)5/h8-11,15,18H,6-7,12H2,1-5H3,(H,19,20). The van der Waals surface area contributed by atoms with Crippen molar-refractivity contribution in [3.8, 4) is 5.75 Å². The van der Waals surface area contributed by atoms with E-state index in [9.17, 15) is 4.79 Å². The summed E-state index contributed by atoms with van der Waals surface area (Å²) in [6.45, 7) is 11.1. The molecule has 1 unspecified atom stereocenters. The summed E-state index contributed by atoms with van der Waals surface area (Å²) in [5.41, 5.74) is 1.01. The van der Waals surface area contributed by atoms with Crippen LogP contribution in [-0.2, 0) is 4.79 Å². The Labute approximate surface area is 128 Å². The Morgan fingerprint density at radius 2 is 1.81 bits per heavy atom. The van der Waals surface area contributed by atoms with Gasteiger partial charge in [0.05, 0.1) is 0 Å². The zero-order valence-electron chi connectivity index (χ0n) is 13.8. The van der Waals surface area contributed by atoms with Crippen molar-refractivity contribution in [2.24, 2.45) is 0 Å². The lowest BCUT2D eigenvalue weighted by Gasteiger charge is -2.20. The molecule has 1 amide bonds. The van der Waals surface area contributed by atoms with Gasteiger partial charge in [-0.25, -0.2) is 0 Å². The van der Waals surface area contributed by atoms with E-state index in [2.05, 4.69) is 24.5 Å². The molecule has 118 valence electrons. The predicted molar refractivity (Wildman–Crippen MR) is 86.5 cm³/mol. The summed E-state index contributed by atoms with van der Waals surface area (Å²) in [5.74, 6) is 0.611. The fraction of sp³-hybridized carbons (Fsp3) is 0.588. The molecule has 0 aliphatic rings. The molecule has 4 nitrogen and oxygen atoms in total. The van der Waals surface area contributed by atoms with E-state index in [1.165, 1.54) is 5.56 Å². The topological polar surface area (TPSA) is 50.4 Å². The van der Waals surface area contributed by atoms with Gasteiger partial charge in [0, 0.05) is 11.6 Å². The first-order valence-electron chi connectivity index (χ1n) is 7.63. The van der Waals surface area contributed by atoms with Gasteiger partial charge >= 0.3 is 0 Å². The van der Waals surface area contributed by atoms with Gasteiger partial charge in [-0.3, -0.25) is 4.79 Å². The first-order valence-corrected chi connectivity index (χ1v) is 7.63.